The summed E-state index contributed by atoms with van der Waals surface area (Å²) in [7, 11) is 0. The summed E-state index contributed by atoms with van der Waals surface area (Å²) in [6.07, 6.45) is 7.69. The van der Waals surface area contributed by atoms with Crippen LogP contribution in [0.2, 0.25) is 0 Å². The molecule has 15 heavy (non-hydrogen) atoms. The molecule has 3 heteroatoms. The van der Waals surface area contributed by atoms with Gasteiger partial charge in [0.2, 0.25) is 6.54 Å². The molecule has 0 atom stereocenters. The summed E-state index contributed by atoms with van der Waals surface area (Å²) in [5.74, 6) is -0.304. The summed E-state index contributed by atoms with van der Waals surface area (Å²) >= 11 is 0. The molecule has 0 aliphatic heterocycles. The van der Waals surface area contributed by atoms with E-state index in [0.717, 1.165) is 5.56 Å². The SMILES string of the molecule is CC(C)/C=C/c1cc[n+](CC(=O)O)cc1. The first-order valence-corrected chi connectivity index (χ1v) is 4.97. The molecular formula is C12H16NO2+. The third-order valence-electron chi connectivity index (χ3n) is 1.91. The molecule has 0 fully saturated rings. The molecule has 1 N–H and O–H groups in total. The van der Waals surface area contributed by atoms with Crippen LogP contribution in [-0.4, -0.2) is 11.1 Å². The second-order valence-electron chi connectivity index (χ2n) is 3.80. The molecule has 0 amide bonds. The topological polar surface area (TPSA) is 41.2 Å². The van der Waals surface area contributed by atoms with Gasteiger partial charge in [-0.3, -0.25) is 0 Å². The van der Waals surface area contributed by atoms with E-state index in [9.17, 15) is 4.79 Å². The molecule has 3 nitrogen and oxygen atoms in total. The minimum Gasteiger partial charge on any atom is -0.477 e. The minimum absolute atomic E-state index is 0.00811. The normalized spacial score (nSPS) is 11.1. The van der Waals surface area contributed by atoms with Crippen molar-refractivity contribution in [1.82, 2.24) is 0 Å². The third-order valence-corrected chi connectivity index (χ3v) is 1.91. The Kier molecular flexibility index (Phi) is 4.03. The fourth-order valence-electron chi connectivity index (χ4n) is 1.15. The molecule has 0 aromatic carbocycles. The number of carbonyl (C=O) groups is 1. The minimum atomic E-state index is -0.828. The number of pyridine rings is 1. The van der Waals surface area contributed by atoms with E-state index in [1.165, 1.54) is 0 Å². The zero-order chi connectivity index (χ0) is 11.3. The highest BCUT2D eigenvalue weighted by Gasteiger charge is 2.05. The van der Waals surface area contributed by atoms with Crippen LogP contribution in [0.5, 0.6) is 0 Å². The number of aliphatic carboxylic acids is 1. The van der Waals surface area contributed by atoms with Gasteiger partial charge in [0.15, 0.2) is 12.4 Å². The Bertz CT molecular complexity index is 352. The fraction of sp³-hybridized carbons (Fsp3) is 0.333. The highest BCUT2D eigenvalue weighted by atomic mass is 16.4. The van der Waals surface area contributed by atoms with E-state index >= 15 is 0 Å². The van der Waals surface area contributed by atoms with Crippen LogP contribution in [0.25, 0.3) is 6.08 Å². The van der Waals surface area contributed by atoms with Gasteiger partial charge in [0.25, 0.3) is 0 Å². The molecule has 0 spiro atoms. The van der Waals surface area contributed by atoms with E-state index in [1.807, 2.05) is 18.2 Å². The van der Waals surface area contributed by atoms with Gasteiger partial charge in [-0.15, -0.1) is 0 Å². The van der Waals surface area contributed by atoms with Gasteiger partial charge in [-0.1, -0.05) is 26.0 Å². The Morgan fingerprint density at radius 3 is 2.53 bits per heavy atom. The van der Waals surface area contributed by atoms with E-state index in [-0.39, 0.29) is 6.54 Å². The molecular weight excluding hydrogens is 190 g/mol. The highest BCUT2D eigenvalue weighted by Crippen LogP contribution is 2.02. The quantitative estimate of drug-likeness (QED) is 0.762. The highest BCUT2D eigenvalue weighted by molar-refractivity contribution is 5.64. The molecule has 0 saturated carbocycles. The van der Waals surface area contributed by atoms with E-state index in [1.54, 1.807) is 17.0 Å². The lowest BCUT2D eigenvalue weighted by atomic mass is 10.1. The summed E-state index contributed by atoms with van der Waals surface area (Å²) in [6.45, 7) is 4.24. The van der Waals surface area contributed by atoms with Crippen LogP contribution in [0.15, 0.2) is 30.6 Å². The van der Waals surface area contributed by atoms with E-state index in [4.69, 9.17) is 5.11 Å². The van der Waals surface area contributed by atoms with E-state index in [2.05, 4.69) is 19.9 Å². The average molecular weight is 206 g/mol. The fourth-order valence-corrected chi connectivity index (χ4v) is 1.15. The summed E-state index contributed by atoms with van der Waals surface area (Å²) in [6, 6.07) is 3.81. The van der Waals surface area contributed by atoms with Crippen molar-refractivity contribution < 1.29 is 14.5 Å². The number of hydrogen-bond donors (Lipinski definition) is 1. The second-order valence-corrected chi connectivity index (χ2v) is 3.80. The van der Waals surface area contributed by atoms with Crippen LogP contribution in [0.3, 0.4) is 0 Å². The Hall–Kier alpha value is -1.64. The zero-order valence-electron chi connectivity index (χ0n) is 9.05. The number of nitrogens with zero attached hydrogens (tertiary/aromatic N) is 1. The average Bonchev–Trinajstić information content (AvgIpc) is 2.16. The molecule has 0 aliphatic carbocycles. The van der Waals surface area contributed by atoms with Gasteiger partial charge >= 0.3 is 5.97 Å². The van der Waals surface area contributed by atoms with Gasteiger partial charge in [0.05, 0.1) is 0 Å². The summed E-state index contributed by atoms with van der Waals surface area (Å²) in [5, 5.41) is 8.58. The maximum atomic E-state index is 10.4. The number of hydrogen-bond acceptors (Lipinski definition) is 1. The van der Waals surface area contributed by atoms with E-state index in [0.29, 0.717) is 5.92 Å². The van der Waals surface area contributed by atoms with Crippen LogP contribution in [0.1, 0.15) is 19.4 Å². The number of aromatic nitrogens is 1. The van der Waals surface area contributed by atoms with Gasteiger partial charge in [0.1, 0.15) is 0 Å². The molecule has 0 saturated heterocycles. The maximum Gasteiger partial charge on any atom is 0.370 e. The molecule has 0 bridgehead atoms. The van der Waals surface area contributed by atoms with Crippen LogP contribution in [-0.2, 0) is 11.3 Å². The third kappa shape index (κ3) is 4.40. The lowest BCUT2D eigenvalue weighted by Gasteiger charge is -1.95. The predicted octanol–water partition coefficient (Wildman–Crippen LogP) is 1.73. The second kappa shape index (κ2) is 5.29. The van der Waals surface area contributed by atoms with Crippen LogP contribution in [0, 0.1) is 5.92 Å². The van der Waals surface area contributed by atoms with Crippen molar-refractivity contribution in [3.05, 3.63) is 36.2 Å². The van der Waals surface area contributed by atoms with Crippen LogP contribution >= 0.6 is 0 Å². The Morgan fingerprint density at radius 1 is 1.47 bits per heavy atom. The molecule has 0 radical (unpaired) electrons. The lowest BCUT2D eigenvalue weighted by molar-refractivity contribution is -0.685. The summed E-state index contributed by atoms with van der Waals surface area (Å²) in [4.78, 5) is 10.4. The van der Waals surface area contributed by atoms with Gasteiger partial charge in [-0.2, -0.15) is 4.57 Å². The Morgan fingerprint density at radius 2 is 2.07 bits per heavy atom. The van der Waals surface area contributed by atoms with Crippen molar-refractivity contribution in [1.29, 1.82) is 0 Å². The first kappa shape index (κ1) is 11.4. The standard InChI is InChI=1S/C12H15NO2/c1-10(2)3-4-11-5-7-13(8-6-11)9-12(14)15/h3-8,10H,9H2,1-2H3/p+1/b4-3+. The van der Waals surface area contributed by atoms with Gasteiger partial charge in [0, 0.05) is 12.1 Å². The number of allylic oxidation sites excluding steroid dienone is 1. The van der Waals surface area contributed by atoms with Crippen molar-refractivity contribution in [3.8, 4) is 0 Å². The van der Waals surface area contributed by atoms with Crippen LogP contribution in [0.4, 0.5) is 0 Å². The first-order valence-electron chi connectivity index (χ1n) is 4.97. The van der Waals surface area contributed by atoms with Crippen LogP contribution < -0.4 is 4.57 Å². The van der Waals surface area contributed by atoms with Crippen molar-refractivity contribution in [3.63, 3.8) is 0 Å². The molecule has 1 rings (SSSR count). The van der Waals surface area contributed by atoms with Crippen molar-refractivity contribution in [2.24, 2.45) is 5.92 Å². The molecule has 1 aromatic rings. The largest absolute Gasteiger partial charge is 0.477 e. The van der Waals surface area contributed by atoms with E-state index < -0.39 is 5.97 Å². The molecule has 0 aliphatic rings. The Labute approximate surface area is 89.7 Å². The maximum absolute atomic E-state index is 10.4. The molecule has 1 heterocycles. The van der Waals surface area contributed by atoms with Gasteiger partial charge in [-0.25, -0.2) is 4.79 Å². The monoisotopic (exact) mass is 206 g/mol. The van der Waals surface area contributed by atoms with Gasteiger partial charge < -0.3 is 5.11 Å². The Balaban J connectivity index is 2.68. The van der Waals surface area contributed by atoms with Crippen molar-refractivity contribution in [2.75, 3.05) is 0 Å². The first-order chi connectivity index (χ1) is 7.08. The summed E-state index contributed by atoms with van der Waals surface area (Å²) < 4.78 is 1.63. The van der Waals surface area contributed by atoms with Gasteiger partial charge in [-0.05, 0) is 11.5 Å². The zero-order valence-corrected chi connectivity index (χ0v) is 9.05. The predicted molar refractivity (Wildman–Crippen MR) is 58.1 cm³/mol. The number of carboxylic acid groups (broad SMARTS) is 1. The molecule has 0 unspecified atom stereocenters. The number of rotatable bonds is 4. The smallest absolute Gasteiger partial charge is 0.370 e. The molecule has 80 valence electrons. The molecule has 1 aromatic heterocycles. The van der Waals surface area contributed by atoms with Crippen molar-refractivity contribution in [2.45, 2.75) is 20.4 Å². The van der Waals surface area contributed by atoms with Crippen molar-refractivity contribution >= 4 is 12.0 Å². The lowest BCUT2D eigenvalue weighted by Crippen LogP contribution is -2.36. The number of carboxylic acids is 1. The summed E-state index contributed by atoms with van der Waals surface area (Å²) in [5.41, 5.74) is 1.09.